The standard InChI is InChI=1S/C6H7FIN3/c1-3(7)6-10-2-4(8)5(9)11-6/h2-3H,1H3,(H2,9,10,11). The predicted molar refractivity (Wildman–Crippen MR) is 48.7 cm³/mol. The Labute approximate surface area is 77.4 Å². The van der Waals surface area contributed by atoms with Gasteiger partial charge in [-0.05, 0) is 29.5 Å². The molecule has 0 amide bonds. The van der Waals surface area contributed by atoms with Crippen molar-refractivity contribution >= 4 is 28.4 Å². The van der Waals surface area contributed by atoms with Crippen LogP contribution in [0.4, 0.5) is 10.2 Å². The molecule has 0 bridgehead atoms. The van der Waals surface area contributed by atoms with Crippen LogP contribution >= 0.6 is 22.6 Å². The molecule has 0 saturated heterocycles. The molecule has 1 atom stereocenters. The Morgan fingerprint density at radius 1 is 1.73 bits per heavy atom. The van der Waals surface area contributed by atoms with Gasteiger partial charge in [0.25, 0.3) is 0 Å². The molecule has 1 aromatic heterocycles. The Morgan fingerprint density at radius 3 is 2.82 bits per heavy atom. The number of rotatable bonds is 1. The fraction of sp³-hybridized carbons (Fsp3) is 0.333. The molecule has 1 aromatic rings. The summed E-state index contributed by atoms with van der Waals surface area (Å²) >= 11 is 1.99. The lowest BCUT2D eigenvalue weighted by atomic mass is 10.4. The monoisotopic (exact) mass is 267 g/mol. The summed E-state index contributed by atoms with van der Waals surface area (Å²) in [6, 6.07) is 0. The van der Waals surface area contributed by atoms with Crippen molar-refractivity contribution in [2.75, 3.05) is 5.73 Å². The first-order chi connectivity index (χ1) is 5.11. The summed E-state index contributed by atoms with van der Waals surface area (Å²) in [5.41, 5.74) is 5.43. The third-order valence-electron chi connectivity index (χ3n) is 1.15. The lowest BCUT2D eigenvalue weighted by Gasteiger charge is -2.01. The van der Waals surface area contributed by atoms with Gasteiger partial charge in [-0.2, -0.15) is 0 Å². The summed E-state index contributed by atoms with van der Waals surface area (Å²) in [5.74, 6) is 0.475. The number of halogens is 2. The number of hydrogen-bond acceptors (Lipinski definition) is 3. The highest BCUT2D eigenvalue weighted by atomic mass is 127. The van der Waals surface area contributed by atoms with Crippen LogP contribution in [0.15, 0.2) is 6.20 Å². The molecule has 0 spiro atoms. The van der Waals surface area contributed by atoms with Crippen molar-refractivity contribution < 1.29 is 4.39 Å². The summed E-state index contributed by atoms with van der Waals surface area (Å²) in [5, 5.41) is 0. The lowest BCUT2D eigenvalue weighted by Crippen LogP contribution is -2.02. The number of anilines is 1. The van der Waals surface area contributed by atoms with E-state index in [0.717, 1.165) is 3.57 Å². The van der Waals surface area contributed by atoms with Crippen LogP contribution in [-0.2, 0) is 0 Å². The summed E-state index contributed by atoms with van der Waals surface area (Å²) in [7, 11) is 0. The molecule has 0 aliphatic heterocycles. The van der Waals surface area contributed by atoms with E-state index < -0.39 is 6.17 Å². The molecule has 0 aliphatic rings. The van der Waals surface area contributed by atoms with Crippen LogP contribution in [0.25, 0.3) is 0 Å². The zero-order chi connectivity index (χ0) is 8.43. The Hall–Kier alpha value is -0.460. The Morgan fingerprint density at radius 2 is 2.36 bits per heavy atom. The molecule has 0 aliphatic carbocycles. The first-order valence-corrected chi connectivity index (χ1v) is 4.11. The van der Waals surface area contributed by atoms with Gasteiger partial charge in [0.2, 0.25) is 0 Å². The van der Waals surface area contributed by atoms with Crippen LogP contribution < -0.4 is 5.73 Å². The van der Waals surface area contributed by atoms with Crippen LogP contribution in [0.3, 0.4) is 0 Å². The van der Waals surface area contributed by atoms with E-state index in [4.69, 9.17) is 5.73 Å². The van der Waals surface area contributed by atoms with Gasteiger partial charge in [0.05, 0.1) is 3.57 Å². The number of nitrogens with two attached hydrogens (primary N) is 1. The third kappa shape index (κ3) is 1.98. The Balaban J connectivity index is 3.05. The minimum absolute atomic E-state index is 0.142. The maximum Gasteiger partial charge on any atom is 0.164 e. The lowest BCUT2D eigenvalue weighted by molar-refractivity contribution is 0.356. The zero-order valence-electron chi connectivity index (χ0n) is 5.88. The number of nitrogens with zero attached hydrogens (tertiary/aromatic N) is 2. The van der Waals surface area contributed by atoms with E-state index in [9.17, 15) is 4.39 Å². The van der Waals surface area contributed by atoms with Crippen molar-refractivity contribution in [1.82, 2.24) is 9.97 Å². The molecular formula is C6H7FIN3. The molecule has 11 heavy (non-hydrogen) atoms. The summed E-state index contributed by atoms with van der Waals surface area (Å²) < 4.78 is 13.3. The molecular weight excluding hydrogens is 260 g/mol. The van der Waals surface area contributed by atoms with E-state index in [1.807, 2.05) is 22.6 Å². The number of alkyl halides is 1. The van der Waals surface area contributed by atoms with E-state index in [1.54, 1.807) is 0 Å². The second kappa shape index (κ2) is 3.29. The summed E-state index contributed by atoms with van der Waals surface area (Å²) in [6.45, 7) is 1.38. The topological polar surface area (TPSA) is 51.8 Å². The van der Waals surface area contributed by atoms with Crippen LogP contribution in [-0.4, -0.2) is 9.97 Å². The molecule has 60 valence electrons. The summed E-state index contributed by atoms with van der Waals surface area (Å²) in [4.78, 5) is 7.52. The van der Waals surface area contributed by atoms with Gasteiger partial charge in [-0.3, -0.25) is 0 Å². The van der Waals surface area contributed by atoms with E-state index in [2.05, 4.69) is 9.97 Å². The predicted octanol–water partition coefficient (Wildman–Crippen LogP) is 1.69. The molecule has 1 unspecified atom stereocenters. The fourth-order valence-corrected chi connectivity index (χ4v) is 0.846. The second-order valence-electron chi connectivity index (χ2n) is 2.08. The van der Waals surface area contributed by atoms with Crippen LogP contribution in [0.2, 0.25) is 0 Å². The van der Waals surface area contributed by atoms with Crippen LogP contribution in [0.1, 0.15) is 18.9 Å². The average molecular weight is 267 g/mol. The molecule has 3 nitrogen and oxygen atoms in total. The minimum Gasteiger partial charge on any atom is -0.383 e. The molecule has 0 fully saturated rings. The molecule has 2 N–H and O–H groups in total. The van der Waals surface area contributed by atoms with Crippen molar-refractivity contribution in [3.05, 3.63) is 15.6 Å². The second-order valence-corrected chi connectivity index (χ2v) is 3.24. The van der Waals surface area contributed by atoms with Gasteiger partial charge in [-0.25, -0.2) is 14.4 Å². The van der Waals surface area contributed by atoms with Gasteiger partial charge in [-0.1, -0.05) is 0 Å². The highest BCUT2D eigenvalue weighted by Crippen LogP contribution is 2.15. The van der Waals surface area contributed by atoms with Crippen molar-refractivity contribution in [3.8, 4) is 0 Å². The third-order valence-corrected chi connectivity index (χ3v) is 1.98. The molecule has 1 heterocycles. The largest absolute Gasteiger partial charge is 0.383 e. The number of aromatic nitrogens is 2. The van der Waals surface area contributed by atoms with E-state index in [0.29, 0.717) is 5.82 Å². The van der Waals surface area contributed by atoms with Crippen molar-refractivity contribution in [1.29, 1.82) is 0 Å². The van der Waals surface area contributed by atoms with Crippen LogP contribution in [0, 0.1) is 3.57 Å². The summed E-state index contributed by atoms with van der Waals surface area (Å²) in [6.07, 6.45) is 0.350. The average Bonchev–Trinajstić information content (AvgIpc) is 1.94. The Bertz CT molecular complexity index is 264. The highest BCUT2D eigenvalue weighted by Gasteiger charge is 2.07. The van der Waals surface area contributed by atoms with E-state index in [-0.39, 0.29) is 5.82 Å². The van der Waals surface area contributed by atoms with Gasteiger partial charge >= 0.3 is 0 Å². The van der Waals surface area contributed by atoms with Gasteiger partial charge in [0.15, 0.2) is 12.0 Å². The highest BCUT2D eigenvalue weighted by molar-refractivity contribution is 14.1. The Kier molecular flexibility index (Phi) is 2.58. The normalized spacial score (nSPS) is 13.0. The van der Waals surface area contributed by atoms with Crippen molar-refractivity contribution in [2.24, 2.45) is 0 Å². The first-order valence-electron chi connectivity index (χ1n) is 3.03. The number of nitrogen functional groups attached to an aromatic ring is 1. The maximum absolute atomic E-state index is 12.6. The van der Waals surface area contributed by atoms with Crippen molar-refractivity contribution in [2.45, 2.75) is 13.1 Å². The molecule has 0 radical (unpaired) electrons. The minimum atomic E-state index is -1.16. The maximum atomic E-state index is 12.6. The molecule has 0 saturated carbocycles. The number of hydrogen-bond donors (Lipinski definition) is 1. The van der Waals surface area contributed by atoms with E-state index in [1.165, 1.54) is 13.1 Å². The smallest absolute Gasteiger partial charge is 0.164 e. The fourth-order valence-electron chi connectivity index (χ4n) is 0.586. The van der Waals surface area contributed by atoms with Gasteiger partial charge in [0, 0.05) is 6.20 Å². The SMILES string of the molecule is CC(F)c1ncc(I)c(N)n1. The van der Waals surface area contributed by atoms with Gasteiger partial charge < -0.3 is 5.73 Å². The molecule has 0 aromatic carbocycles. The van der Waals surface area contributed by atoms with E-state index >= 15 is 0 Å². The first kappa shape index (κ1) is 8.63. The zero-order valence-corrected chi connectivity index (χ0v) is 8.04. The quantitative estimate of drug-likeness (QED) is 0.788. The molecule has 5 heteroatoms. The van der Waals surface area contributed by atoms with Gasteiger partial charge in [0.1, 0.15) is 5.82 Å². The van der Waals surface area contributed by atoms with Gasteiger partial charge in [-0.15, -0.1) is 0 Å². The molecule has 1 rings (SSSR count). The van der Waals surface area contributed by atoms with Crippen LogP contribution in [0.5, 0.6) is 0 Å². The van der Waals surface area contributed by atoms with Crippen molar-refractivity contribution in [3.63, 3.8) is 0 Å².